The summed E-state index contributed by atoms with van der Waals surface area (Å²) >= 11 is 1.34. The number of hydrogen-bond donors (Lipinski definition) is 2. The fraction of sp³-hybridized carbons (Fsp3) is 0.0400. The third-order valence-corrected chi connectivity index (χ3v) is 6.29. The molecule has 3 N–H and O–H groups in total. The standard InChI is InChI=1S/C25H19N5O2S/c1-32-17-9-10-19-18(12-17)25(30-24(28-19)16-8-5-11-27-14-16)29-20-13-21(33-22(20)23(26)31)15-6-3-2-4-7-15/h2-14H,1H3,(H2,26,31)(H,28,29,30). The number of rotatable bonds is 6. The molecule has 0 fully saturated rings. The number of fused-ring (bicyclic) bond motifs is 1. The molecule has 0 saturated carbocycles. The minimum absolute atomic E-state index is 0.423. The molecule has 0 spiro atoms. The van der Waals surface area contributed by atoms with Gasteiger partial charge in [-0.15, -0.1) is 11.3 Å². The molecule has 2 aromatic carbocycles. The van der Waals surface area contributed by atoms with Crippen LogP contribution in [-0.2, 0) is 0 Å². The van der Waals surface area contributed by atoms with Crippen LogP contribution in [0.2, 0.25) is 0 Å². The van der Waals surface area contributed by atoms with E-state index in [-0.39, 0.29) is 0 Å². The molecule has 0 aliphatic carbocycles. The first-order valence-corrected chi connectivity index (χ1v) is 11.0. The first-order valence-electron chi connectivity index (χ1n) is 10.1. The van der Waals surface area contributed by atoms with Crippen molar-refractivity contribution in [3.05, 3.63) is 84.0 Å². The van der Waals surface area contributed by atoms with Crippen LogP contribution in [-0.4, -0.2) is 28.0 Å². The van der Waals surface area contributed by atoms with E-state index in [2.05, 4.69) is 10.3 Å². The van der Waals surface area contributed by atoms with Crippen LogP contribution < -0.4 is 15.8 Å². The van der Waals surface area contributed by atoms with Gasteiger partial charge in [-0.3, -0.25) is 9.78 Å². The van der Waals surface area contributed by atoms with Crippen LogP contribution >= 0.6 is 11.3 Å². The van der Waals surface area contributed by atoms with Gasteiger partial charge in [-0.2, -0.15) is 0 Å². The summed E-state index contributed by atoms with van der Waals surface area (Å²) < 4.78 is 5.40. The van der Waals surface area contributed by atoms with Crippen molar-refractivity contribution in [1.82, 2.24) is 15.0 Å². The van der Waals surface area contributed by atoms with E-state index in [4.69, 9.17) is 20.4 Å². The number of pyridine rings is 1. The number of nitrogens with zero attached hydrogens (tertiary/aromatic N) is 3. The van der Waals surface area contributed by atoms with Crippen LogP contribution in [0.25, 0.3) is 32.7 Å². The van der Waals surface area contributed by atoms with Crippen LogP contribution in [0.15, 0.2) is 79.1 Å². The highest BCUT2D eigenvalue weighted by Crippen LogP contribution is 2.37. The topological polar surface area (TPSA) is 103 Å². The number of carbonyl (C=O) groups excluding carboxylic acids is 1. The molecule has 8 heteroatoms. The summed E-state index contributed by atoms with van der Waals surface area (Å²) in [5.41, 5.74) is 8.81. The number of ether oxygens (including phenoxy) is 1. The Balaban J connectivity index is 1.66. The molecule has 0 aliphatic rings. The lowest BCUT2D eigenvalue weighted by atomic mass is 10.1. The molecule has 0 unspecified atom stereocenters. The maximum absolute atomic E-state index is 12.2. The molecule has 3 aromatic heterocycles. The average molecular weight is 454 g/mol. The molecule has 1 amide bonds. The highest BCUT2D eigenvalue weighted by molar-refractivity contribution is 7.18. The molecule has 0 radical (unpaired) electrons. The molecule has 162 valence electrons. The summed E-state index contributed by atoms with van der Waals surface area (Å²) in [7, 11) is 1.61. The average Bonchev–Trinajstić information content (AvgIpc) is 3.29. The van der Waals surface area contributed by atoms with E-state index >= 15 is 0 Å². The van der Waals surface area contributed by atoms with E-state index in [9.17, 15) is 4.79 Å². The number of thiophene rings is 1. The lowest BCUT2D eigenvalue weighted by Crippen LogP contribution is -2.11. The summed E-state index contributed by atoms with van der Waals surface area (Å²) in [6, 6.07) is 21.1. The van der Waals surface area contributed by atoms with Crippen molar-refractivity contribution >= 4 is 39.7 Å². The third kappa shape index (κ3) is 4.11. The highest BCUT2D eigenvalue weighted by Gasteiger charge is 2.18. The first-order chi connectivity index (χ1) is 16.1. The van der Waals surface area contributed by atoms with Crippen LogP contribution in [0.1, 0.15) is 9.67 Å². The molecule has 5 aromatic rings. The predicted molar refractivity (Wildman–Crippen MR) is 131 cm³/mol. The zero-order chi connectivity index (χ0) is 22.8. The van der Waals surface area contributed by atoms with Gasteiger partial charge in [0.25, 0.3) is 5.91 Å². The molecular weight excluding hydrogens is 434 g/mol. The van der Waals surface area contributed by atoms with Gasteiger partial charge in [0.15, 0.2) is 5.82 Å². The van der Waals surface area contributed by atoms with Crippen molar-refractivity contribution in [2.24, 2.45) is 5.73 Å². The van der Waals surface area contributed by atoms with E-state index in [1.54, 1.807) is 19.5 Å². The van der Waals surface area contributed by atoms with Crippen LogP contribution in [0, 0.1) is 0 Å². The van der Waals surface area contributed by atoms with Crippen molar-refractivity contribution in [3.8, 4) is 27.6 Å². The molecule has 33 heavy (non-hydrogen) atoms. The fourth-order valence-corrected chi connectivity index (χ4v) is 4.46. The summed E-state index contributed by atoms with van der Waals surface area (Å²) in [6.07, 6.45) is 3.41. The maximum Gasteiger partial charge on any atom is 0.260 e. The number of amides is 1. The van der Waals surface area contributed by atoms with Gasteiger partial charge >= 0.3 is 0 Å². The molecule has 0 atom stereocenters. The number of anilines is 2. The molecule has 0 bridgehead atoms. The van der Waals surface area contributed by atoms with Crippen molar-refractivity contribution in [3.63, 3.8) is 0 Å². The summed E-state index contributed by atoms with van der Waals surface area (Å²) in [6.45, 7) is 0. The minimum Gasteiger partial charge on any atom is -0.497 e. The Labute approximate surface area is 193 Å². The number of primary amides is 1. The number of aromatic nitrogens is 3. The van der Waals surface area contributed by atoms with Gasteiger partial charge in [-0.05, 0) is 42.0 Å². The largest absolute Gasteiger partial charge is 0.497 e. The Kier molecular flexibility index (Phi) is 5.42. The number of nitrogens with two attached hydrogens (primary N) is 1. The Hall–Kier alpha value is -4.30. The number of hydrogen-bond acceptors (Lipinski definition) is 7. The monoisotopic (exact) mass is 453 g/mol. The van der Waals surface area contributed by atoms with Gasteiger partial charge < -0.3 is 15.8 Å². The van der Waals surface area contributed by atoms with E-state index in [1.165, 1.54) is 11.3 Å². The smallest absolute Gasteiger partial charge is 0.260 e. The molecule has 7 nitrogen and oxygen atoms in total. The normalized spacial score (nSPS) is 10.8. The Morgan fingerprint density at radius 2 is 1.82 bits per heavy atom. The highest BCUT2D eigenvalue weighted by atomic mass is 32.1. The van der Waals surface area contributed by atoms with Gasteiger partial charge in [0.05, 0.1) is 18.3 Å². The second-order valence-electron chi connectivity index (χ2n) is 7.23. The lowest BCUT2D eigenvalue weighted by molar-refractivity contribution is 0.100. The third-order valence-electron chi connectivity index (χ3n) is 5.09. The molecule has 0 aliphatic heterocycles. The second-order valence-corrected chi connectivity index (χ2v) is 8.28. The second kappa shape index (κ2) is 8.68. The number of methoxy groups -OCH3 is 1. The zero-order valence-electron chi connectivity index (χ0n) is 17.6. The number of carbonyl (C=O) groups is 1. The molecular formula is C25H19N5O2S. The fourth-order valence-electron chi connectivity index (χ4n) is 3.49. The SMILES string of the molecule is COc1ccc2nc(-c3cccnc3)nc(Nc3cc(-c4ccccc4)sc3C(N)=O)c2c1. The Morgan fingerprint density at radius 3 is 2.55 bits per heavy atom. The van der Waals surface area contributed by atoms with Crippen molar-refractivity contribution in [2.45, 2.75) is 0 Å². The van der Waals surface area contributed by atoms with Gasteiger partial charge in [-0.1, -0.05) is 30.3 Å². The van der Waals surface area contributed by atoms with Gasteiger partial charge in [0, 0.05) is 28.2 Å². The zero-order valence-corrected chi connectivity index (χ0v) is 18.5. The molecule has 0 saturated heterocycles. The van der Waals surface area contributed by atoms with Crippen LogP contribution in [0.3, 0.4) is 0 Å². The van der Waals surface area contributed by atoms with E-state index in [1.807, 2.05) is 66.7 Å². The van der Waals surface area contributed by atoms with Gasteiger partial charge in [0.2, 0.25) is 0 Å². The Morgan fingerprint density at radius 1 is 1.00 bits per heavy atom. The minimum atomic E-state index is -0.506. The van der Waals surface area contributed by atoms with Crippen LogP contribution in [0.4, 0.5) is 11.5 Å². The summed E-state index contributed by atoms with van der Waals surface area (Å²) in [5.74, 6) is 1.22. The summed E-state index contributed by atoms with van der Waals surface area (Å²) in [4.78, 5) is 27.2. The molecule has 5 rings (SSSR count). The predicted octanol–water partition coefficient (Wildman–Crippen LogP) is 5.27. The number of nitrogens with one attached hydrogen (secondary N) is 1. The van der Waals surface area contributed by atoms with E-state index in [0.717, 1.165) is 26.9 Å². The van der Waals surface area contributed by atoms with Crippen molar-refractivity contribution in [2.75, 3.05) is 12.4 Å². The quantitative estimate of drug-likeness (QED) is 0.363. The van der Waals surface area contributed by atoms with Crippen LogP contribution in [0.5, 0.6) is 5.75 Å². The van der Waals surface area contributed by atoms with E-state index in [0.29, 0.717) is 28.0 Å². The van der Waals surface area contributed by atoms with Gasteiger partial charge in [-0.25, -0.2) is 9.97 Å². The van der Waals surface area contributed by atoms with Gasteiger partial charge in [0.1, 0.15) is 16.4 Å². The van der Waals surface area contributed by atoms with Crippen molar-refractivity contribution in [1.29, 1.82) is 0 Å². The number of benzene rings is 2. The van der Waals surface area contributed by atoms with Crippen molar-refractivity contribution < 1.29 is 9.53 Å². The Bertz CT molecular complexity index is 1450. The maximum atomic E-state index is 12.2. The van der Waals surface area contributed by atoms with E-state index < -0.39 is 5.91 Å². The lowest BCUT2D eigenvalue weighted by Gasteiger charge is -2.12. The first kappa shape index (κ1) is 20.6. The molecule has 3 heterocycles. The summed E-state index contributed by atoms with van der Waals surface area (Å²) in [5, 5.41) is 4.09.